The number of phenolic OH excluding ortho intramolecular Hbond substituents is 1. The van der Waals surface area contributed by atoms with Crippen molar-refractivity contribution in [3.8, 4) is 23.0 Å². The Labute approximate surface area is 504 Å². The first kappa shape index (κ1) is 65.5. The van der Waals surface area contributed by atoms with Gasteiger partial charge in [-0.05, 0) is 113 Å². The first-order valence-electron chi connectivity index (χ1n) is 28.3. The molecule has 0 spiro atoms. The number of urea groups is 1. The van der Waals surface area contributed by atoms with Crippen LogP contribution in [0.5, 0.6) is 23.0 Å². The van der Waals surface area contributed by atoms with E-state index in [0.29, 0.717) is 29.1 Å². The highest BCUT2D eigenvalue weighted by Gasteiger charge is 2.53. The Morgan fingerprint density at radius 1 is 0.686 bits per heavy atom. The lowest BCUT2D eigenvalue weighted by Gasteiger charge is -2.32. The largest absolute Gasteiger partial charge is 0.506 e. The van der Waals surface area contributed by atoms with Crippen molar-refractivity contribution in [3.63, 3.8) is 0 Å². The van der Waals surface area contributed by atoms with Crippen LogP contribution in [-0.4, -0.2) is 98.5 Å². The standard InChI is InChI=1S/C62H77N7O14S3/c1-10-11-12-13-14-15-16-17-18-24-35-81-52-32-29-42(2)36-49(52)63-57(71)48-39-54(46-27-22-23-28-47(46)56(48)70)83-53-33-30-44(65-86(79,80)55-34-31-43(64-84(8,75)76)37-50(55)66-85(9,77)78)38-51(53)67(7)60(74)69-58(72)62(6,41-82-59(73)61(3,4)5)40-68(69)45-25-20-19-21-26-45/h19-23,25-34,36-39,64-66,70H,10-18,24,35,40-41H2,1-9H3,(H,63,71). The zero-order valence-electron chi connectivity index (χ0n) is 50.0. The van der Waals surface area contributed by atoms with Crippen molar-refractivity contribution >= 4 is 98.8 Å². The van der Waals surface area contributed by atoms with Crippen LogP contribution in [0.1, 0.15) is 115 Å². The van der Waals surface area contributed by atoms with Crippen LogP contribution in [0.2, 0.25) is 0 Å². The zero-order valence-corrected chi connectivity index (χ0v) is 52.4. The number of ether oxygens (including phenoxy) is 3. The molecule has 0 radical (unpaired) electrons. The Morgan fingerprint density at radius 2 is 1.28 bits per heavy atom. The number of hydrogen-bond donors (Lipinski definition) is 5. The summed E-state index contributed by atoms with van der Waals surface area (Å²) in [7, 11) is -11.6. The second-order valence-corrected chi connectivity index (χ2v) is 28.0. The van der Waals surface area contributed by atoms with Gasteiger partial charge in [0.1, 0.15) is 34.2 Å². The summed E-state index contributed by atoms with van der Waals surface area (Å²) < 4.78 is 104. The number of benzene rings is 6. The fourth-order valence-corrected chi connectivity index (χ4v) is 12.0. The van der Waals surface area contributed by atoms with Crippen LogP contribution in [0.3, 0.4) is 0 Å². The summed E-state index contributed by atoms with van der Waals surface area (Å²) in [5.41, 5.74) is -2.05. The van der Waals surface area contributed by atoms with Crippen LogP contribution in [0.4, 0.5) is 38.9 Å². The minimum Gasteiger partial charge on any atom is -0.506 e. The monoisotopic (exact) mass is 1240 g/mol. The number of imide groups is 1. The Hall–Kier alpha value is -8.09. The van der Waals surface area contributed by atoms with E-state index in [1.54, 1.807) is 94.4 Å². The van der Waals surface area contributed by atoms with E-state index < -0.39 is 81.9 Å². The topological polar surface area (TPSA) is 276 Å². The second kappa shape index (κ2) is 27.5. The zero-order chi connectivity index (χ0) is 62.8. The normalized spacial score (nSPS) is 14.6. The van der Waals surface area contributed by atoms with Crippen molar-refractivity contribution in [2.24, 2.45) is 10.8 Å². The van der Waals surface area contributed by atoms with Gasteiger partial charge in [-0.25, -0.2) is 30.0 Å². The average Bonchev–Trinajstić information content (AvgIpc) is 2.07. The molecule has 0 aromatic heterocycles. The molecule has 1 aliphatic rings. The smallest absolute Gasteiger partial charge is 0.350 e. The van der Waals surface area contributed by atoms with E-state index in [-0.39, 0.29) is 51.8 Å². The number of para-hydroxylation sites is 1. The molecule has 1 saturated heterocycles. The summed E-state index contributed by atoms with van der Waals surface area (Å²) >= 11 is 0. The number of sulfonamides is 3. The Morgan fingerprint density at radius 3 is 1.92 bits per heavy atom. The maximum Gasteiger partial charge on any atom is 0.350 e. The van der Waals surface area contributed by atoms with Crippen molar-refractivity contribution in [2.45, 2.75) is 111 Å². The number of carbonyl (C=O) groups is 4. The third-order valence-corrected chi connectivity index (χ3v) is 16.8. The highest BCUT2D eigenvalue weighted by molar-refractivity contribution is 7.93. The number of unbranched alkanes of at least 4 members (excludes halogenated alkanes) is 9. The molecule has 0 saturated carbocycles. The molecule has 0 bridgehead atoms. The summed E-state index contributed by atoms with van der Waals surface area (Å²) in [6.07, 6.45) is 13.2. The van der Waals surface area contributed by atoms with Crippen LogP contribution in [0, 0.1) is 17.8 Å². The molecule has 4 amide bonds. The molecule has 21 nitrogen and oxygen atoms in total. The maximum atomic E-state index is 15.3. The van der Waals surface area contributed by atoms with Gasteiger partial charge in [0, 0.05) is 17.8 Å². The summed E-state index contributed by atoms with van der Waals surface area (Å²) in [6.45, 7) is 10.5. The fourth-order valence-electron chi connectivity index (χ4n) is 9.62. The number of hydrogen-bond acceptors (Lipinski definition) is 15. The first-order valence-corrected chi connectivity index (χ1v) is 33.6. The molecule has 6 aromatic carbocycles. The summed E-state index contributed by atoms with van der Waals surface area (Å²) in [5, 5.41) is 17.6. The molecule has 5 N–H and O–H groups in total. The van der Waals surface area contributed by atoms with E-state index in [2.05, 4.69) is 26.4 Å². The number of rotatable bonds is 27. The van der Waals surface area contributed by atoms with Crippen molar-refractivity contribution in [2.75, 3.05) is 68.7 Å². The van der Waals surface area contributed by atoms with Crippen LogP contribution in [0.25, 0.3) is 10.8 Å². The number of nitrogens with zero attached hydrogens (tertiary/aromatic N) is 3. The Bertz CT molecular complexity index is 3820. The van der Waals surface area contributed by atoms with Gasteiger partial charge in [0.15, 0.2) is 5.75 Å². The molecule has 7 rings (SSSR count). The van der Waals surface area contributed by atoms with Gasteiger partial charge >= 0.3 is 12.0 Å². The predicted octanol–water partition coefficient (Wildman–Crippen LogP) is 12.2. The molecular formula is C62H77N7O14S3. The highest BCUT2D eigenvalue weighted by atomic mass is 32.2. The number of fused-ring (bicyclic) bond motifs is 1. The van der Waals surface area contributed by atoms with Gasteiger partial charge in [0.2, 0.25) is 20.0 Å². The molecule has 1 fully saturated rings. The van der Waals surface area contributed by atoms with Gasteiger partial charge < -0.3 is 24.6 Å². The summed E-state index contributed by atoms with van der Waals surface area (Å²) in [5.74, 6) is -2.13. The van der Waals surface area contributed by atoms with Crippen LogP contribution in [0.15, 0.2) is 120 Å². The third-order valence-electron chi connectivity index (χ3n) is 14.1. The Balaban J connectivity index is 1.27. The first-order chi connectivity index (χ1) is 40.5. The van der Waals surface area contributed by atoms with Crippen molar-refractivity contribution in [3.05, 3.63) is 126 Å². The second-order valence-electron chi connectivity index (χ2n) is 22.9. The minimum atomic E-state index is -4.81. The summed E-state index contributed by atoms with van der Waals surface area (Å²) in [6, 6.07) is 27.7. The third kappa shape index (κ3) is 16.9. The van der Waals surface area contributed by atoms with Crippen molar-refractivity contribution < 1.29 is 63.7 Å². The fraction of sp³-hybridized carbons (Fsp3) is 0.387. The van der Waals surface area contributed by atoms with Crippen LogP contribution in [-0.2, 0) is 44.4 Å². The van der Waals surface area contributed by atoms with Crippen LogP contribution >= 0.6 is 0 Å². The number of amides is 4. The minimum absolute atomic E-state index is 0.00339. The molecule has 1 aliphatic heterocycles. The lowest BCUT2D eigenvalue weighted by Crippen LogP contribution is -2.50. The van der Waals surface area contributed by atoms with Crippen molar-refractivity contribution in [1.29, 1.82) is 0 Å². The number of aryl methyl sites for hydroxylation is 1. The molecule has 462 valence electrons. The van der Waals surface area contributed by atoms with E-state index in [0.717, 1.165) is 71.9 Å². The lowest BCUT2D eigenvalue weighted by molar-refractivity contribution is -0.157. The number of phenols is 1. The van der Waals surface area contributed by atoms with E-state index in [9.17, 15) is 44.7 Å². The van der Waals surface area contributed by atoms with E-state index in [4.69, 9.17) is 14.2 Å². The molecule has 24 heteroatoms. The average molecular weight is 1240 g/mol. The number of nitrogens with one attached hydrogen (secondary N) is 4. The quantitative estimate of drug-likeness (QED) is 0.0237. The maximum absolute atomic E-state index is 15.3. The number of hydrazine groups is 1. The number of anilines is 6. The number of aromatic hydroxyl groups is 1. The van der Waals surface area contributed by atoms with E-state index >= 15 is 4.79 Å². The molecule has 86 heavy (non-hydrogen) atoms. The molecule has 6 aromatic rings. The number of carbonyl (C=O) groups excluding carboxylic acids is 4. The molecule has 1 unspecified atom stereocenters. The van der Waals surface area contributed by atoms with Gasteiger partial charge in [-0.2, -0.15) is 5.01 Å². The predicted molar refractivity (Wildman–Crippen MR) is 336 cm³/mol. The van der Waals surface area contributed by atoms with E-state index in [1.165, 1.54) is 74.8 Å². The molecule has 1 heterocycles. The van der Waals surface area contributed by atoms with Gasteiger partial charge in [-0.3, -0.25) is 38.5 Å². The van der Waals surface area contributed by atoms with E-state index in [1.807, 2.05) is 13.0 Å². The Kier molecular flexibility index (Phi) is 20.9. The van der Waals surface area contributed by atoms with Gasteiger partial charge in [0.25, 0.3) is 21.8 Å². The number of esters is 1. The summed E-state index contributed by atoms with van der Waals surface area (Å²) in [4.78, 5) is 58.1. The SMILES string of the molecule is CCCCCCCCCCCCOc1ccc(C)cc1NC(=O)c1cc(Oc2ccc(NS(=O)(=O)c3ccc(NS(C)(=O)=O)cc3NS(C)(=O)=O)cc2N(C)C(=O)N2C(=O)C(C)(COC(=O)C(C)(C)C)CN2c2ccccc2)c2ccccc2c1O. The molecule has 0 aliphatic carbocycles. The van der Waals surface area contributed by atoms with Gasteiger partial charge in [-0.15, -0.1) is 0 Å². The van der Waals surface area contributed by atoms with Gasteiger partial charge in [-0.1, -0.05) is 113 Å². The van der Waals surface area contributed by atoms with Gasteiger partial charge in [0.05, 0.1) is 70.8 Å². The lowest BCUT2D eigenvalue weighted by atomic mass is 9.91. The van der Waals surface area contributed by atoms with Crippen LogP contribution < -0.4 is 38.9 Å². The molecule has 1 atom stereocenters. The molecular weight excluding hydrogens is 1160 g/mol. The highest BCUT2D eigenvalue weighted by Crippen LogP contribution is 2.44. The van der Waals surface area contributed by atoms with Crippen molar-refractivity contribution in [1.82, 2.24) is 5.01 Å².